The summed E-state index contributed by atoms with van der Waals surface area (Å²) in [4.78, 5) is 26.1. The maximum absolute atomic E-state index is 12.7. The Morgan fingerprint density at radius 2 is 2.32 bits per heavy atom. The maximum Gasteiger partial charge on any atom is 0.309 e. The molecule has 120 valence electrons. The number of nitrogens with zero attached hydrogens (tertiary/aromatic N) is 2. The number of H-pyrrole nitrogens is 1. The monoisotopic (exact) mass is 305 g/mol. The number of carbonyl (C=O) groups excluding carboxylic acids is 2. The van der Waals surface area contributed by atoms with Crippen molar-refractivity contribution < 1.29 is 14.3 Å². The van der Waals surface area contributed by atoms with Gasteiger partial charge in [-0.2, -0.15) is 5.10 Å². The molecule has 6 heteroatoms. The van der Waals surface area contributed by atoms with Crippen LogP contribution in [0.15, 0.2) is 0 Å². The average molecular weight is 305 g/mol. The highest BCUT2D eigenvalue weighted by molar-refractivity contribution is 5.87. The van der Waals surface area contributed by atoms with Gasteiger partial charge in [0, 0.05) is 36.7 Å². The molecule has 1 aromatic heterocycles. The predicted molar refractivity (Wildman–Crippen MR) is 80.0 cm³/mol. The van der Waals surface area contributed by atoms with Crippen LogP contribution in [0.2, 0.25) is 0 Å². The number of ether oxygens (including phenoxy) is 1. The molecular formula is C16H23N3O3. The lowest BCUT2D eigenvalue weighted by Crippen LogP contribution is -2.41. The lowest BCUT2D eigenvalue weighted by atomic mass is 9.93. The Balaban J connectivity index is 1.77. The van der Waals surface area contributed by atoms with Gasteiger partial charge in [0.05, 0.1) is 17.5 Å². The number of hydrogen-bond acceptors (Lipinski definition) is 4. The van der Waals surface area contributed by atoms with E-state index in [1.54, 1.807) is 6.92 Å². The Hall–Kier alpha value is -1.85. The summed E-state index contributed by atoms with van der Waals surface area (Å²) in [6.07, 6.45) is 1.81. The highest BCUT2D eigenvalue weighted by Gasteiger charge is 2.41. The van der Waals surface area contributed by atoms with Gasteiger partial charge in [0.15, 0.2) is 0 Å². The number of amides is 1. The summed E-state index contributed by atoms with van der Waals surface area (Å²) in [5.74, 6) is -0.536. The Bertz CT molecular complexity index is 595. The van der Waals surface area contributed by atoms with Gasteiger partial charge in [0.25, 0.3) is 0 Å². The van der Waals surface area contributed by atoms with E-state index in [1.165, 1.54) is 0 Å². The number of fused-ring (bicyclic) bond motifs is 1. The van der Waals surface area contributed by atoms with Gasteiger partial charge in [-0.25, -0.2) is 0 Å². The number of hydrogen-bond donors (Lipinski definition) is 1. The van der Waals surface area contributed by atoms with Crippen LogP contribution in [0.25, 0.3) is 0 Å². The van der Waals surface area contributed by atoms with E-state index in [-0.39, 0.29) is 30.3 Å². The number of carbonyl (C=O) groups is 2. The van der Waals surface area contributed by atoms with E-state index in [4.69, 9.17) is 4.74 Å². The first-order chi connectivity index (χ1) is 10.5. The molecule has 2 aliphatic rings. The largest absolute Gasteiger partial charge is 0.465 e. The predicted octanol–water partition coefficient (Wildman–Crippen LogP) is 1.62. The SMILES string of the molecule is CCC(C)c1n[nH]c2c1CN(C(=O)C1COC(=O)C1C)CC2. The molecule has 0 aromatic carbocycles. The second kappa shape index (κ2) is 5.74. The van der Waals surface area contributed by atoms with Crippen LogP contribution in [0.4, 0.5) is 0 Å². The van der Waals surface area contributed by atoms with Crippen LogP contribution in [0.1, 0.15) is 50.1 Å². The van der Waals surface area contributed by atoms with E-state index in [1.807, 2.05) is 4.90 Å². The van der Waals surface area contributed by atoms with E-state index in [9.17, 15) is 9.59 Å². The van der Waals surface area contributed by atoms with Gasteiger partial charge in [0.1, 0.15) is 6.61 Å². The number of aromatic amines is 1. The molecule has 3 atom stereocenters. The lowest BCUT2D eigenvalue weighted by molar-refractivity contribution is -0.141. The van der Waals surface area contributed by atoms with Crippen LogP contribution in [0, 0.1) is 11.8 Å². The summed E-state index contributed by atoms with van der Waals surface area (Å²) in [5, 5.41) is 7.56. The van der Waals surface area contributed by atoms with Crippen LogP contribution in [0.5, 0.6) is 0 Å². The van der Waals surface area contributed by atoms with Crippen molar-refractivity contribution in [3.8, 4) is 0 Å². The molecule has 1 saturated heterocycles. The molecule has 1 amide bonds. The fourth-order valence-corrected chi connectivity index (χ4v) is 3.24. The van der Waals surface area contributed by atoms with Gasteiger partial charge < -0.3 is 9.64 Å². The number of cyclic esters (lactones) is 1. The van der Waals surface area contributed by atoms with E-state index >= 15 is 0 Å². The third-order valence-electron chi connectivity index (χ3n) is 5.05. The van der Waals surface area contributed by atoms with Crippen molar-refractivity contribution in [3.05, 3.63) is 17.0 Å². The molecular weight excluding hydrogens is 282 g/mol. The van der Waals surface area contributed by atoms with E-state index in [2.05, 4.69) is 24.0 Å². The fraction of sp³-hybridized carbons (Fsp3) is 0.688. The molecule has 1 fully saturated rings. The first-order valence-electron chi connectivity index (χ1n) is 8.04. The van der Waals surface area contributed by atoms with E-state index < -0.39 is 0 Å². The van der Waals surface area contributed by atoms with Crippen molar-refractivity contribution in [2.45, 2.75) is 46.1 Å². The number of esters is 1. The minimum atomic E-state index is -0.340. The second-order valence-corrected chi connectivity index (χ2v) is 6.41. The van der Waals surface area contributed by atoms with Crippen molar-refractivity contribution in [3.63, 3.8) is 0 Å². The van der Waals surface area contributed by atoms with E-state index in [0.29, 0.717) is 19.0 Å². The molecule has 0 bridgehead atoms. The van der Waals surface area contributed by atoms with Crippen LogP contribution in [-0.2, 0) is 27.3 Å². The summed E-state index contributed by atoms with van der Waals surface area (Å²) >= 11 is 0. The summed E-state index contributed by atoms with van der Waals surface area (Å²) in [6.45, 7) is 7.54. The van der Waals surface area contributed by atoms with Gasteiger partial charge in [-0.15, -0.1) is 0 Å². The van der Waals surface area contributed by atoms with Crippen molar-refractivity contribution in [2.75, 3.05) is 13.2 Å². The molecule has 0 radical (unpaired) electrons. The number of aromatic nitrogens is 2. The van der Waals surface area contributed by atoms with Gasteiger partial charge in [-0.1, -0.05) is 20.8 Å². The standard InChI is InChI=1S/C16H23N3O3/c1-4-9(2)14-11-7-19(6-5-13(11)17-18-14)15(20)12-8-22-16(21)10(12)3/h9-10,12H,4-8H2,1-3H3,(H,17,18). The number of rotatable bonds is 3. The summed E-state index contributed by atoms with van der Waals surface area (Å²) in [7, 11) is 0. The van der Waals surface area contributed by atoms with Gasteiger partial charge in [0.2, 0.25) is 5.91 Å². The summed E-state index contributed by atoms with van der Waals surface area (Å²) < 4.78 is 5.02. The van der Waals surface area contributed by atoms with Crippen LogP contribution >= 0.6 is 0 Å². The zero-order chi connectivity index (χ0) is 15.9. The topological polar surface area (TPSA) is 75.3 Å². The fourth-order valence-electron chi connectivity index (χ4n) is 3.24. The quantitative estimate of drug-likeness (QED) is 0.861. The van der Waals surface area contributed by atoms with Gasteiger partial charge in [-0.3, -0.25) is 14.7 Å². The van der Waals surface area contributed by atoms with Crippen LogP contribution in [-0.4, -0.2) is 40.1 Å². The first kappa shape index (κ1) is 15.1. The summed E-state index contributed by atoms with van der Waals surface area (Å²) in [5.41, 5.74) is 3.37. The molecule has 0 aliphatic carbocycles. The smallest absolute Gasteiger partial charge is 0.309 e. The molecule has 0 saturated carbocycles. The Labute approximate surface area is 130 Å². The third-order valence-corrected chi connectivity index (χ3v) is 5.05. The van der Waals surface area contributed by atoms with Crippen LogP contribution < -0.4 is 0 Å². The average Bonchev–Trinajstić information content (AvgIpc) is 3.10. The normalized spacial score (nSPS) is 25.8. The van der Waals surface area contributed by atoms with Crippen molar-refractivity contribution >= 4 is 11.9 Å². The molecule has 1 N–H and O–H groups in total. The van der Waals surface area contributed by atoms with Crippen molar-refractivity contribution in [1.82, 2.24) is 15.1 Å². The highest BCUT2D eigenvalue weighted by atomic mass is 16.5. The zero-order valence-corrected chi connectivity index (χ0v) is 13.4. The van der Waals surface area contributed by atoms with Gasteiger partial charge in [-0.05, 0) is 6.42 Å². The maximum atomic E-state index is 12.7. The zero-order valence-electron chi connectivity index (χ0n) is 13.4. The molecule has 3 rings (SSSR count). The first-order valence-corrected chi connectivity index (χ1v) is 8.04. The van der Waals surface area contributed by atoms with Crippen molar-refractivity contribution in [2.24, 2.45) is 11.8 Å². The molecule has 6 nitrogen and oxygen atoms in total. The van der Waals surface area contributed by atoms with E-state index in [0.717, 1.165) is 29.8 Å². The molecule has 3 unspecified atom stereocenters. The molecule has 2 aliphatic heterocycles. The Morgan fingerprint density at radius 1 is 1.55 bits per heavy atom. The Morgan fingerprint density at radius 3 is 2.95 bits per heavy atom. The second-order valence-electron chi connectivity index (χ2n) is 6.41. The van der Waals surface area contributed by atoms with Crippen molar-refractivity contribution in [1.29, 1.82) is 0 Å². The highest BCUT2D eigenvalue weighted by Crippen LogP contribution is 2.30. The lowest BCUT2D eigenvalue weighted by Gasteiger charge is -2.30. The molecule has 3 heterocycles. The number of nitrogens with one attached hydrogen (secondary N) is 1. The molecule has 22 heavy (non-hydrogen) atoms. The summed E-state index contributed by atoms with van der Waals surface area (Å²) in [6, 6.07) is 0. The minimum absolute atomic E-state index is 0.0281. The third kappa shape index (κ3) is 2.40. The Kier molecular flexibility index (Phi) is 3.93. The molecule has 0 spiro atoms. The molecule has 1 aromatic rings. The van der Waals surface area contributed by atoms with Gasteiger partial charge >= 0.3 is 5.97 Å². The van der Waals surface area contributed by atoms with Crippen LogP contribution in [0.3, 0.4) is 0 Å². The minimum Gasteiger partial charge on any atom is -0.465 e.